The first kappa shape index (κ1) is 24.9. The molecule has 0 saturated heterocycles. The first-order valence-corrected chi connectivity index (χ1v) is 10.5. The van der Waals surface area contributed by atoms with Gasteiger partial charge >= 0.3 is 5.69 Å². The van der Waals surface area contributed by atoms with Crippen LogP contribution in [0.25, 0.3) is 16.7 Å². The van der Waals surface area contributed by atoms with Gasteiger partial charge in [0.1, 0.15) is 5.65 Å². The van der Waals surface area contributed by atoms with Crippen LogP contribution >= 0.6 is 0 Å². The molecule has 0 radical (unpaired) electrons. The van der Waals surface area contributed by atoms with Gasteiger partial charge in [-0.2, -0.15) is 4.98 Å². The van der Waals surface area contributed by atoms with Crippen LogP contribution in [-0.4, -0.2) is 33.6 Å². The number of nitrogens with one attached hydrogen (secondary N) is 2. The topological polar surface area (TPSA) is 127 Å². The smallest absolute Gasteiger partial charge is 0.354 e. The molecule has 0 aliphatic carbocycles. The number of nitrogens with zero attached hydrogens (tertiary/aromatic N) is 3. The second-order valence-corrected chi connectivity index (χ2v) is 6.15. The number of guanidine groups is 1. The Bertz CT molecular complexity index is 967. The van der Waals surface area contributed by atoms with Crippen molar-refractivity contribution in [2.75, 3.05) is 13.1 Å². The molecule has 0 atom stereocenters. The van der Waals surface area contributed by atoms with E-state index in [0.717, 1.165) is 41.8 Å². The van der Waals surface area contributed by atoms with Gasteiger partial charge in [0.25, 0.3) is 0 Å². The number of hydrogen-bond donors (Lipinski definition) is 4. The quantitative estimate of drug-likeness (QED) is 0.269. The van der Waals surface area contributed by atoms with Crippen LogP contribution < -0.4 is 22.5 Å². The molecule has 0 unspecified atom stereocenters. The molecule has 0 fully saturated rings. The van der Waals surface area contributed by atoms with E-state index < -0.39 is 0 Å². The third kappa shape index (κ3) is 7.36. The van der Waals surface area contributed by atoms with Crippen molar-refractivity contribution in [3.8, 4) is 5.69 Å². The molecular formula is C22H35N7O. The molecule has 2 heterocycles. The standard InChI is InChI=1S/C18H23N7O.2C2H6/c1-12-9-14-11-25(18(26)24-16(14)23-12)15-5-3-13(4-6-15)10-21-7-2-8-22-17(19)20;2*1-2/h3-6,9,11,21H,2,7-8,10H2,1H3,(H4,19,20,22)(H,23,24,26);2*1-2H3. The van der Waals surface area contributed by atoms with Crippen molar-refractivity contribution < 1.29 is 0 Å². The molecule has 3 aromatic rings. The third-order valence-corrected chi connectivity index (χ3v) is 3.99. The molecule has 6 N–H and O–H groups in total. The third-order valence-electron chi connectivity index (χ3n) is 3.99. The van der Waals surface area contributed by atoms with Crippen LogP contribution in [-0.2, 0) is 6.54 Å². The minimum atomic E-state index is -0.301. The SMILES string of the molecule is CC.CC.Cc1cc2cn(-c3ccc(CNCCCN=C(N)N)cc3)c(=O)nc2[nH]1. The maximum atomic E-state index is 12.2. The molecule has 30 heavy (non-hydrogen) atoms. The van der Waals surface area contributed by atoms with Crippen molar-refractivity contribution in [2.24, 2.45) is 16.5 Å². The van der Waals surface area contributed by atoms with Gasteiger partial charge in [-0.05, 0) is 43.7 Å². The van der Waals surface area contributed by atoms with Gasteiger partial charge in [0.05, 0.1) is 5.69 Å². The van der Waals surface area contributed by atoms with Gasteiger partial charge in [0.2, 0.25) is 0 Å². The fraction of sp³-hybridized carbons (Fsp3) is 0.409. The lowest BCUT2D eigenvalue weighted by atomic mass is 10.2. The second-order valence-electron chi connectivity index (χ2n) is 6.15. The number of benzene rings is 1. The maximum absolute atomic E-state index is 12.2. The van der Waals surface area contributed by atoms with Crippen LogP contribution in [0.5, 0.6) is 0 Å². The van der Waals surface area contributed by atoms with Gasteiger partial charge in [-0.15, -0.1) is 0 Å². The van der Waals surface area contributed by atoms with E-state index in [2.05, 4.69) is 20.3 Å². The molecule has 0 aliphatic rings. The molecule has 2 aromatic heterocycles. The highest BCUT2D eigenvalue weighted by atomic mass is 16.1. The van der Waals surface area contributed by atoms with E-state index in [4.69, 9.17) is 11.5 Å². The summed E-state index contributed by atoms with van der Waals surface area (Å²) in [5.74, 6) is 0.123. The first-order chi connectivity index (χ1) is 14.5. The summed E-state index contributed by atoms with van der Waals surface area (Å²) in [6.07, 6.45) is 2.68. The number of aliphatic imine (C=N–C) groups is 1. The fourth-order valence-electron chi connectivity index (χ4n) is 2.74. The monoisotopic (exact) mass is 413 g/mol. The van der Waals surface area contributed by atoms with E-state index in [1.165, 1.54) is 0 Å². The number of aromatic nitrogens is 3. The molecule has 8 nitrogen and oxygen atoms in total. The van der Waals surface area contributed by atoms with Crippen LogP contribution in [0.15, 0.2) is 46.3 Å². The van der Waals surface area contributed by atoms with Gasteiger partial charge in [-0.3, -0.25) is 9.56 Å². The highest BCUT2D eigenvalue weighted by molar-refractivity contribution is 5.76. The van der Waals surface area contributed by atoms with Gasteiger partial charge in [-0.1, -0.05) is 39.8 Å². The van der Waals surface area contributed by atoms with E-state index in [0.29, 0.717) is 12.2 Å². The molecule has 0 spiro atoms. The maximum Gasteiger partial charge on any atom is 0.354 e. The number of nitrogens with two attached hydrogens (primary N) is 2. The Labute approximate surface area is 178 Å². The van der Waals surface area contributed by atoms with E-state index in [-0.39, 0.29) is 11.6 Å². The summed E-state index contributed by atoms with van der Waals surface area (Å²) < 4.78 is 1.56. The van der Waals surface area contributed by atoms with Crippen LogP contribution in [0, 0.1) is 6.92 Å². The minimum Gasteiger partial charge on any atom is -0.370 e. The molecular weight excluding hydrogens is 378 g/mol. The summed E-state index contributed by atoms with van der Waals surface area (Å²) >= 11 is 0. The minimum absolute atomic E-state index is 0.123. The Morgan fingerprint density at radius 1 is 1.17 bits per heavy atom. The molecule has 0 amide bonds. The van der Waals surface area contributed by atoms with E-state index >= 15 is 0 Å². The number of fused-ring (bicyclic) bond motifs is 1. The molecule has 164 valence electrons. The number of aromatic amines is 1. The highest BCUT2D eigenvalue weighted by Crippen LogP contribution is 2.13. The molecule has 0 bridgehead atoms. The molecule has 3 rings (SSSR count). The highest BCUT2D eigenvalue weighted by Gasteiger charge is 2.06. The average Bonchev–Trinajstić information content (AvgIpc) is 3.12. The summed E-state index contributed by atoms with van der Waals surface area (Å²) in [7, 11) is 0. The number of H-pyrrole nitrogens is 1. The lowest BCUT2D eigenvalue weighted by Crippen LogP contribution is -2.23. The zero-order valence-electron chi connectivity index (χ0n) is 18.7. The van der Waals surface area contributed by atoms with Crippen molar-refractivity contribution in [1.82, 2.24) is 19.9 Å². The second kappa shape index (κ2) is 13.2. The normalized spacial score (nSPS) is 9.90. The molecule has 0 aliphatic heterocycles. The summed E-state index contributed by atoms with van der Waals surface area (Å²) in [6, 6.07) is 9.81. The summed E-state index contributed by atoms with van der Waals surface area (Å²) in [5, 5.41) is 4.25. The van der Waals surface area contributed by atoms with Crippen LogP contribution in [0.2, 0.25) is 0 Å². The van der Waals surface area contributed by atoms with E-state index in [1.807, 2.05) is 71.1 Å². The van der Waals surface area contributed by atoms with Gasteiger partial charge < -0.3 is 21.8 Å². The zero-order chi connectivity index (χ0) is 22.5. The number of aryl methyl sites for hydroxylation is 1. The van der Waals surface area contributed by atoms with E-state index in [1.54, 1.807) is 4.57 Å². The lowest BCUT2D eigenvalue weighted by Gasteiger charge is -2.08. The predicted molar refractivity (Wildman–Crippen MR) is 126 cm³/mol. The molecule has 0 saturated carbocycles. The summed E-state index contributed by atoms with van der Waals surface area (Å²) in [5.41, 5.74) is 13.8. The zero-order valence-corrected chi connectivity index (χ0v) is 18.7. The van der Waals surface area contributed by atoms with Crippen LogP contribution in [0.4, 0.5) is 0 Å². The van der Waals surface area contributed by atoms with Gasteiger partial charge in [0, 0.05) is 30.4 Å². The first-order valence-electron chi connectivity index (χ1n) is 10.5. The van der Waals surface area contributed by atoms with Crippen molar-refractivity contribution >= 4 is 17.0 Å². The number of hydrogen-bond acceptors (Lipinski definition) is 4. The lowest BCUT2D eigenvalue weighted by molar-refractivity contribution is 0.655. The Balaban J connectivity index is 0.00000106. The Morgan fingerprint density at radius 2 is 1.83 bits per heavy atom. The van der Waals surface area contributed by atoms with E-state index in [9.17, 15) is 4.79 Å². The molecule has 8 heteroatoms. The Morgan fingerprint density at radius 3 is 2.47 bits per heavy atom. The van der Waals surface area contributed by atoms with Gasteiger partial charge in [0.15, 0.2) is 5.96 Å². The van der Waals surface area contributed by atoms with Crippen molar-refractivity contribution in [3.05, 3.63) is 58.3 Å². The predicted octanol–water partition coefficient (Wildman–Crippen LogP) is 2.83. The van der Waals surface area contributed by atoms with Crippen LogP contribution in [0.1, 0.15) is 45.4 Å². The average molecular weight is 414 g/mol. The van der Waals surface area contributed by atoms with Crippen molar-refractivity contribution in [3.63, 3.8) is 0 Å². The summed E-state index contributed by atoms with van der Waals surface area (Å²) in [6.45, 7) is 12.1. The summed E-state index contributed by atoms with van der Waals surface area (Å²) in [4.78, 5) is 23.3. The van der Waals surface area contributed by atoms with Gasteiger partial charge in [-0.25, -0.2) is 4.79 Å². The Hall–Kier alpha value is -3.13. The van der Waals surface area contributed by atoms with Crippen LogP contribution in [0.3, 0.4) is 0 Å². The van der Waals surface area contributed by atoms with Crippen molar-refractivity contribution in [1.29, 1.82) is 0 Å². The Kier molecular flexibility index (Phi) is 10.9. The fourth-order valence-corrected chi connectivity index (χ4v) is 2.74. The molecule has 1 aromatic carbocycles. The van der Waals surface area contributed by atoms with Crippen molar-refractivity contribution in [2.45, 2.75) is 47.6 Å². The largest absolute Gasteiger partial charge is 0.370 e. The number of rotatable bonds is 7.